The van der Waals surface area contributed by atoms with E-state index in [1.165, 1.54) is 44.9 Å². The lowest BCUT2D eigenvalue weighted by molar-refractivity contribution is -0.131. The molecule has 5 saturated carbocycles. The SMILES string of the molecule is O=C(CNC(=O)C1CCCCC1)NC12CC3CC(CC(C3)C1)C2. The van der Waals surface area contributed by atoms with E-state index in [9.17, 15) is 9.59 Å². The average Bonchev–Trinajstić information content (AvgIpc) is 2.51. The third-order valence-electron chi connectivity index (χ3n) is 6.84. The van der Waals surface area contributed by atoms with Crippen molar-refractivity contribution in [2.45, 2.75) is 76.2 Å². The van der Waals surface area contributed by atoms with Crippen molar-refractivity contribution >= 4 is 11.8 Å². The van der Waals surface area contributed by atoms with Gasteiger partial charge in [-0.25, -0.2) is 0 Å². The molecular weight excluding hydrogens is 288 g/mol. The molecule has 0 spiro atoms. The summed E-state index contributed by atoms with van der Waals surface area (Å²) in [5.41, 5.74) is 0.0569. The van der Waals surface area contributed by atoms with Gasteiger partial charge in [-0.15, -0.1) is 0 Å². The van der Waals surface area contributed by atoms with Gasteiger partial charge in [0.1, 0.15) is 0 Å². The van der Waals surface area contributed by atoms with Crippen molar-refractivity contribution in [1.29, 1.82) is 0 Å². The van der Waals surface area contributed by atoms with Crippen LogP contribution >= 0.6 is 0 Å². The van der Waals surface area contributed by atoms with E-state index in [-0.39, 0.29) is 29.8 Å². The normalized spacial score (nSPS) is 39.2. The summed E-state index contributed by atoms with van der Waals surface area (Å²) < 4.78 is 0. The number of carbonyl (C=O) groups excluding carboxylic acids is 2. The van der Waals surface area contributed by atoms with Crippen LogP contribution < -0.4 is 10.6 Å². The highest BCUT2D eigenvalue weighted by Gasteiger charge is 2.51. The lowest BCUT2D eigenvalue weighted by Crippen LogP contribution is -2.61. The molecule has 2 N–H and O–H groups in total. The molecule has 0 saturated heterocycles. The fourth-order valence-electron chi connectivity index (χ4n) is 6.28. The molecule has 0 unspecified atom stereocenters. The Hall–Kier alpha value is -1.06. The van der Waals surface area contributed by atoms with Crippen LogP contribution in [0.3, 0.4) is 0 Å². The van der Waals surface area contributed by atoms with Gasteiger partial charge < -0.3 is 10.6 Å². The zero-order valence-electron chi connectivity index (χ0n) is 14.1. The summed E-state index contributed by atoms with van der Waals surface area (Å²) in [5.74, 6) is 2.74. The molecule has 5 fully saturated rings. The van der Waals surface area contributed by atoms with Gasteiger partial charge in [-0.1, -0.05) is 19.3 Å². The summed E-state index contributed by atoms with van der Waals surface area (Å²) in [6, 6.07) is 0. The van der Waals surface area contributed by atoms with Crippen molar-refractivity contribution in [3.8, 4) is 0 Å². The highest BCUT2D eigenvalue weighted by atomic mass is 16.2. The number of rotatable bonds is 4. The van der Waals surface area contributed by atoms with Gasteiger partial charge in [0, 0.05) is 11.5 Å². The number of hydrogen-bond acceptors (Lipinski definition) is 2. The Balaban J connectivity index is 1.28. The molecule has 0 aromatic rings. The van der Waals surface area contributed by atoms with Crippen LogP contribution in [0, 0.1) is 23.7 Å². The van der Waals surface area contributed by atoms with E-state index in [0.717, 1.165) is 43.4 Å². The standard InChI is InChI=1S/C19H30N2O2/c22-17(12-20-18(23)16-4-2-1-3-5-16)21-19-9-13-6-14(10-19)8-15(7-13)11-19/h13-16H,1-12H2,(H,20,23)(H,21,22). The molecule has 0 heterocycles. The van der Waals surface area contributed by atoms with Crippen LogP contribution in [0.1, 0.15) is 70.6 Å². The van der Waals surface area contributed by atoms with Crippen LogP contribution in [0.25, 0.3) is 0 Å². The maximum atomic E-state index is 12.4. The predicted molar refractivity (Wildman–Crippen MR) is 88.6 cm³/mol. The molecular formula is C19H30N2O2. The predicted octanol–water partition coefficient (Wildman–Crippen LogP) is 2.77. The highest BCUT2D eigenvalue weighted by molar-refractivity contribution is 5.86. The Morgan fingerprint density at radius 1 is 0.870 bits per heavy atom. The summed E-state index contributed by atoms with van der Waals surface area (Å²) in [6.07, 6.45) is 13.2. The van der Waals surface area contributed by atoms with Gasteiger partial charge in [0.2, 0.25) is 11.8 Å². The van der Waals surface area contributed by atoms with Crippen LogP contribution in [0.5, 0.6) is 0 Å². The van der Waals surface area contributed by atoms with Crippen molar-refractivity contribution in [3.63, 3.8) is 0 Å². The average molecular weight is 318 g/mol. The zero-order valence-corrected chi connectivity index (χ0v) is 14.1. The van der Waals surface area contributed by atoms with Crippen LogP contribution in [0.15, 0.2) is 0 Å². The molecule has 0 atom stereocenters. The van der Waals surface area contributed by atoms with Gasteiger partial charge in [0.05, 0.1) is 6.54 Å². The van der Waals surface area contributed by atoms with Crippen molar-refractivity contribution < 1.29 is 9.59 Å². The lowest BCUT2D eigenvalue weighted by atomic mass is 9.53. The second kappa shape index (κ2) is 6.10. The summed E-state index contributed by atoms with van der Waals surface area (Å²) in [5, 5.41) is 6.21. The molecule has 5 aliphatic rings. The van der Waals surface area contributed by atoms with Crippen molar-refractivity contribution in [3.05, 3.63) is 0 Å². The molecule has 128 valence electrons. The van der Waals surface area contributed by atoms with E-state index in [2.05, 4.69) is 10.6 Å². The van der Waals surface area contributed by atoms with Gasteiger partial charge >= 0.3 is 0 Å². The molecule has 4 heteroatoms. The minimum Gasteiger partial charge on any atom is -0.349 e. The van der Waals surface area contributed by atoms with E-state index in [0.29, 0.717) is 0 Å². The first-order valence-corrected chi connectivity index (χ1v) is 9.71. The third-order valence-corrected chi connectivity index (χ3v) is 6.84. The van der Waals surface area contributed by atoms with Gasteiger partial charge in [0.15, 0.2) is 0 Å². The maximum Gasteiger partial charge on any atom is 0.239 e. The Morgan fingerprint density at radius 2 is 1.43 bits per heavy atom. The summed E-state index contributed by atoms with van der Waals surface area (Å²) in [6.45, 7) is 0.164. The largest absolute Gasteiger partial charge is 0.349 e. The number of nitrogens with one attached hydrogen (secondary N) is 2. The van der Waals surface area contributed by atoms with Crippen LogP contribution in [0.2, 0.25) is 0 Å². The van der Waals surface area contributed by atoms with E-state index in [1.54, 1.807) is 0 Å². The van der Waals surface area contributed by atoms with Crippen molar-refractivity contribution in [2.24, 2.45) is 23.7 Å². The molecule has 23 heavy (non-hydrogen) atoms. The van der Waals surface area contributed by atoms with E-state index < -0.39 is 0 Å². The molecule has 5 rings (SSSR count). The van der Waals surface area contributed by atoms with Crippen molar-refractivity contribution in [1.82, 2.24) is 10.6 Å². The molecule has 0 radical (unpaired) electrons. The Bertz CT molecular complexity index is 446. The molecule has 0 aromatic carbocycles. The highest BCUT2D eigenvalue weighted by Crippen LogP contribution is 2.55. The molecule has 4 nitrogen and oxygen atoms in total. The molecule has 0 aromatic heterocycles. The first kappa shape index (κ1) is 15.5. The molecule has 0 aliphatic heterocycles. The Morgan fingerprint density at radius 3 is 2.00 bits per heavy atom. The summed E-state index contributed by atoms with van der Waals surface area (Å²) >= 11 is 0. The zero-order chi connectivity index (χ0) is 15.9. The fourth-order valence-corrected chi connectivity index (χ4v) is 6.28. The smallest absolute Gasteiger partial charge is 0.239 e. The first-order chi connectivity index (χ1) is 11.1. The first-order valence-electron chi connectivity index (χ1n) is 9.71. The lowest BCUT2D eigenvalue weighted by Gasteiger charge is -2.56. The monoisotopic (exact) mass is 318 g/mol. The topological polar surface area (TPSA) is 58.2 Å². The molecule has 4 bridgehead atoms. The second-order valence-electron chi connectivity index (χ2n) is 8.80. The van der Waals surface area contributed by atoms with Gasteiger partial charge in [0.25, 0.3) is 0 Å². The van der Waals surface area contributed by atoms with Gasteiger partial charge in [-0.05, 0) is 69.1 Å². The van der Waals surface area contributed by atoms with Gasteiger partial charge in [-0.2, -0.15) is 0 Å². The number of carbonyl (C=O) groups is 2. The fraction of sp³-hybridized carbons (Fsp3) is 0.895. The summed E-state index contributed by atoms with van der Waals surface area (Å²) in [4.78, 5) is 24.6. The number of amides is 2. The minimum atomic E-state index is 0.0242. The second-order valence-corrected chi connectivity index (χ2v) is 8.80. The van der Waals surface area contributed by atoms with E-state index >= 15 is 0 Å². The van der Waals surface area contributed by atoms with Crippen LogP contribution in [-0.2, 0) is 9.59 Å². The van der Waals surface area contributed by atoms with Crippen LogP contribution in [-0.4, -0.2) is 23.9 Å². The van der Waals surface area contributed by atoms with Crippen molar-refractivity contribution in [2.75, 3.05) is 6.54 Å². The van der Waals surface area contributed by atoms with Gasteiger partial charge in [-0.3, -0.25) is 9.59 Å². The molecule has 5 aliphatic carbocycles. The number of hydrogen-bond donors (Lipinski definition) is 2. The van der Waals surface area contributed by atoms with Crippen LogP contribution in [0.4, 0.5) is 0 Å². The maximum absolute atomic E-state index is 12.4. The Kier molecular flexibility index (Phi) is 4.10. The summed E-state index contributed by atoms with van der Waals surface area (Å²) in [7, 11) is 0. The quantitative estimate of drug-likeness (QED) is 0.837. The van der Waals surface area contributed by atoms with E-state index in [4.69, 9.17) is 0 Å². The Labute approximate surface area is 139 Å². The molecule has 2 amide bonds. The third kappa shape index (κ3) is 3.27. The van der Waals surface area contributed by atoms with E-state index in [1.807, 2.05) is 0 Å². The minimum absolute atomic E-state index is 0.0242.